The van der Waals surface area contributed by atoms with Crippen molar-refractivity contribution in [3.8, 4) is 28.1 Å². The molecule has 3 aromatic rings. The zero-order chi connectivity index (χ0) is 27.0. The van der Waals surface area contributed by atoms with E-state index in [-0.39, 0.29) is 0 Å². The Morgan fingerprint density at radius 3 is 2.47 bits per heavy atom. The maximum absolute atomic E-state index is 15.0. The molecule has 6 unspecified atom stereocenters. The number of benzene rings is 1. The van der Waals surface area contributed by atoms with Gasteiger partial charge >= 0.3 is 0 Å². The van der Waals surface area contributed by atoms with Crippen LogP contribution in [0.4, 0.5) is 10.2 Å². The summed E-state index contributed by atoms with van der Waals surface area (Å²) >= 11 is 0. The summed E-state index contributed by atoms with van der Waals surface area (Å²) in [7, 11) is 2.12. The number of aromatic amines is 1. The highest BCUT2D eigenvalue weighted by molar-refractivity contribution is 5.74. The Balaban J connectivity index is 1.39. The van der Waals surface area contributed by atoms with Crippen molar-refractivity contribution in [1.29, 1.82) is 0 Å². The van der Waals surface area contributed by atoms with E-state index in [0.717, 1.165) is 24.6 Å². The smallest absolute Gasteiger partial charge is 0.157 e. The highest BCUT2D eigenvalue weighted by atomic mass is 19.1. The fourth-order valence-corrected chi connectivity index (χ4v) is 6.79. The first-order valence-corrected chi connectivity index (χ1v) is 13.9. The van der Waals surface area contributed by atoms with E-state index in [1.165, 1.54) is 25.3 Å². The van der Waals surface area contributed by atoms with Crippen LogP contribution in [0.3, 0.4) is 0 Å². The van der Waals surface area contributed by atoms with Crippen LogP contribution in [-0.4, -0.2) is 39.5 Å². The minimum atomic E-state index is -0.418. The largest absolute Gasteiger partial charge is 0.411 e. The molecule has 0 saturated heterocycles. The number of hydrogen-bond donors (Lipinski definition) is 3. The lowest BCUT2D eigenvalue weighted by Crippen LogP contribution is -2.35. The van der Waals surface area contributed by atoms with E-state index in [9.17, 15) is 4.39 Å². The van der Waals surface area contributed by atoms with Gasteiger partial charge in [0.05, 0.1) is 11.9 Å². The van der Waals surface area contributed by atoms with Gasteiger partial charge in [0, 0.05) is 42.0 Å². The average Bonchev–Trinajstić information content (AvgIpc) is 3.27. The van der Waals surface area contributed by atoms with E-state index >= 15 is 0 Å². The van der Waals surface area contributed by atoms with Crippen LogP contribution in [-0.2, 0) is 0 Å². The van der Waals surface area contributed by atoms with Crippen LogP contribution in [0, 0.1) is 35.4 Å². The molecule has 0 aliphatic heterocycles. The number of nitrogens with two attached hydrogens (primary N) is 2. The summed E-state index contributed by atoms with van der Waals surface area (Å²) in [6.07, 6.45) is 9.12. The van der Waals surface area contributed by atoms with Crippen LogP contribution >= 0.6 is 0 Å². The Morgan fingerprint density at radius 2 is 1.89 bits per heavy atom. The van der Waals surface area contributed by atoms with Gasteiger partial charge in [0.15, 0.2) is 11.6 Å². The average molecular weight is 522 g/mol. The molecule has 0 radical (unpaired) electrons. The number of rotatable bonds is 8. The van der Waals surface area contributed by atoms with Crippen LogP contribution in [0.25, 0.3) is 22.4 Å². The second-order valence-electron chi connectivity index (χ2n) is 11.3. The fourth-order valence-electron chi connectivity index (χ4n) is 6.79. The predicted molar refractivity (Wildman–Crippen MR) is 148 cm³/mol. The number of hydrogen-bond acceptors (Lipinski definition) is 7. The SMILES string of the molecule is CCC1CC(CC)C(C2C(C)C2N)C[C@@H](N(C)c2ccc(-c3cc(F)c(-c4cn[nH]c4)cc3ON)nn2)C1. The molecule has 2 aromatic heterocycles. The van der Waals surface area contributed by atoms with E-state index in [1.54, 1.807) is 18.5 Å². The van der Waals surface area contributed by atoms with Crippen molar-refractivity contribution < 1.29 is 9.23 Å². The summed E-state index contributed by atoms with van der Waals surface area (Å²) in [4.78, 5) is 7.38. The molecule has 0 bridgehead atoms. The van der Waals surface area contributed by atoms with Gasteiger partial charge in [-0.05, 0) is 73.1 Å². The van der Waals surface area contributed by atoms with Gasteiger partial charge in [0.25, 0.3) is 0 Å². The molecular weight excluding hydrogens is 481 g/mol. The molecule has 7 atom stereocenters. The quantitative estimate of drug-likeness (QED) is 0.276. The zero-order valence-corrected chi connectivity index (χ0v) is 22.8. The molecule has 8 nitrogen and oxygen atoms in total. The summed E-state index contributed by atoms with van der Waals surface area (Å²) in [5.41, 5.74) is 8.36. The van der Waals surface area contributed by atoms with Crippen molar-refractivity contribution in [2.45, 2.75) is 65.0 Å². The third kappa shape index (κ3) is 5.01. The van der Waals surface area contributed by atoms with Crippen molar-refractivity contribution >= 4 is 5.82 Å². The van der Waals surface area contributed by atoms with Crippen LogP contribution in [0.15, 0.2) is 36.7 Å². The molecule has 2 aliphatic carbocycles. The number of anilines is 1. The second-order valence-corrected chi connectivity index (χ2v) is 11.3. The highest BCUT2D eigenvalue weighted by Crippen LogP contribution is 2.52. The Bertz CT molecular complexity index is 1210. The summed E-state index contributed by atoms with van der Waals surface area (Å²) in [6, 6.07) is 7.44. The fraction of sp³-hybridized carbons (Fsp3) is 0.552. The molecule has 1 aromatic carbocycles. The van der Waals surface area contributed by atoms with E-state index in [2.05, 4.69) is 53.1 Å². The number of aromatic nitrogens is 4. The Morgan fingerprint density at radius 1 is 1.11 bits per heavy atom. The first-order valence-electron chi connectivity index (χ1n) is 13.9. The van der Waals surface area contributed by atoms with Gasteiger partial charge in [-0.25, -0.2) is 4.39 Å². The van der Waals surface area contributed by atoms with Crippen molar-refractivity contribution in [3.63, 3.8) is 0 Å². The predicted octanol–water partition coefficient (Wildman–Crippen LogP) is 5.18. The van der Waals surface area contributed by atoms with Crippen molar-refractivity contribution in [1.82, 2.24) is 20.4 Å². The first kappa shape index (κ1) is 26.6. The molecule has 2 aliphatic rings. The maximum atomic E-state index is 15.0. The van der Waals surface area contributed by atoms with E-state index in [1.807, 2.05) is 12.1 Å². The normalized spacial score (nSPS) is 29.1. The molecule has 38 heavy (non-hydrogen) atoms. The summed E-state index contributed by atoms with van der Waals surface area (Å²) in [5.74, 6) is 9.54. The minimum absolute atomic E-state index is 0.316. The molecular formula is C29H40FN7O. The monoisotopic (exact) mass is 521 g/mol. The zero-order valence-electron chi connectivity index (χ0n) is 22.8. The van der Waals surface area contributed by atoms with E-state index in [4.69, 9.17) is 16.5 Å². The number of H-pyrrole nitrogens is 1. The molecule has 9 heteroatoms. The third-order valence-corrected chi connectivity index (χ3v) is 9.35. The first-order chi connectivity index (χ1) is 18.4. The van der Waals surface area contributed by atoms with Gasteiger partial charge in [-0.3, -0.25) is 5.10 Å². The van der Waals surface area contributed by atoms with E-state index < -0.39 is 5.82 Å². The molecule has 5 rings (SSSR count). The molecule has 5 N–H and O–H groups in total. The Kier molecular flexibility index (Phi) is 7.68. The van der Waals surface area contributed by atoms with Crippen molar-refractivity contribution in [2.75, 3.05) is 11.9 Å². The van der Waals surface area contributed by atoms with Gasteiger partial charge in [-0.2, -0.15) is 11.0 Å². The standard InChI is InChI=1S/C29H40FN7O/c1-5-17-9-18(6-2)22(28-16(3)29(28)31)11-20(10-17)37(4)27-8-7-25(35-36-27)23-12-24(30)21(13-26(23)38-32)19-14-33-34-15-19/h7-8,12-18,20,22,28-29H,5-6,9-11,31-32H2,1-4H3,(H,33,34)/t16?,17?,18?,20-,22?,28?,29?/m0/s1. The lowest BCUT2D eigenvalue weighted by Gasteiger charge is -2.32. The topological polar surface area (TPSA) is 119 Å². The van der Waals surface area contributed by atoms with Crippen LogP contribution < -0.4 is 21.4 Å². The third-order valence-electron chi connectivity index (χ3n) is 9.35. The van der Waals surface area contributed by atoms with Gasteiger partial charge in [-0.1, -0.05) is 33.6 Å². The van der Waals surface area contributed by atoms with Crippen LogP contribution in [0.1, 0.15) is 52.9 Å². The number of halogens is 1. The van der Waals surface area contributed by atoms with Gasteiger partial charge in [0.1, 0.15) is 5.82 Å². The molecule has 0 spiro atoms. The summed E-state index contributed by atoms with van der Waals surface area (Å²) < 4.78 is 15.0. The van der Waals surface area contributed by atoms with Crippen molar-refractivity contribution in [3.05, 3.63) is 42.5 Å². The van der Waals surface area contributed by atoms with Gasteiger partial charge < -0.3 is 15.5 Å². The molecule has 2 fully saturated rings. The minimum Gasteiger partial charge on any atom is -0.411 e. The van der Waals surface area contributed by atoms with Gasteiger partial charge in [-0.15, -0.1) is 10.2 Å². The highest BCUT2D eigenvalue weighted by Gasteiger charge is 2.52. The molecule has 0 amide bonds. The number of nitrogens with one attached hydrogen (secondary N) is 1. The maximum Gasteiger partial charge on any atom is 0.157 e. The summed E-state index contributed by atoms with van der Waals surface area (Å²) in [5, 5.41) is 15.6. The molecule has 2 saturated carbocycles. The number of nitrogens with zero attached hydrogens (tertiary/aromatic N) is 4. The van der Waals surface area contributed by atoms with Crippen molar-refractivity contribution in [2.24, 2.45) is 41.2 Å². The molecule has 2 heterocycles. The lowest BCUT2D eigenvalue weighted by atomic mass is 9.79. The Labute approximate surface area is 224 Å². The second kappa shape index (κ2) is 11.0. The Hall–Kier alpha value is -3.04. The van der Waals surface area contributed by atoms with Crippen LogP contribution in [0.5, 0.6) is 5.75 Å². The molecule has 204 valence electrons. The van der Waals surface area contributed by atoms with Crippen LogP contribution in [0.2, 0.25) is 0 Å². The van der Waals surface area contributed by atoms with Gasteiger partial charge in [0.2, 0.25) is 0 Å². The lowest BCUT2D eigenvalue weighted by molar-refractivity contribution is 0.237. The summed E-state index contributed by atoms with van der Waals surface area (Å²) in [6.45, 7) is 6.95. The van der Waals surface area contributed by atoms with E-state index in [0.29, 0.717) is 63.9 Å².